The fraction of sp³-hybridized carbons (Fsp3) is 0.0714. The fourth-order valence-electron chi connectivity index (χ4n) is 1.96. The molecule has 1 fully saturated rings. The Hall–Kier alpha value is -2.89. The highest BCUT2D eigenvalue weighted by atomic mass is 16.7. The monoisotopic (exact) mass is 271 g/mol. The maximum absolute atomic E-state index is 12.3. The number of Topliss-reactive ketones (excluding diaryl/α,β-unsaturated/α-hetero) is 2. The van der Waals surface area contributed by atoms with Crippen LogP contribution in [0.2, 0.25) is 0 Å². The molecule has 100 valence electrons. The summed E-state index contributed by atoms with van der Waals surface area (Å²) in [7, 11) is 0. The number of nitrogens with zero attached hydrogens (tertiary/aromatic N) is 1. The van der Waals surface area contributed by atoms with Crippen LogP contribution in [0, 0.1) is 0 Å². The van der Waals surface area contributed by atoms with E-state index in [1.807, 2.05) is 0 Å². The number of carbonyl (C=O) groups is 3. The lowest BCUT2D eigenvalue weighted by molar-refractivity contribution is -0.147. The summed E-state index contributed by atoms with van der Waals surface area (Å²) in [6.45, 7) is 0. The third-order valence-electron chi connectivity index (χ3n) is 2.89. The van der Waals surface area contributed by atoms with Crippen molar-refractivity contribution in [2.24, 2.45) is 0 Å². The first-order valence-electron chi connectivity index (χ1n) is 5.86. The number of anilines is 1. The van der Waals surface area contributed by atoms with E-state index in [9.17, 15) is 14.4 Å². The molecule has 2 heterocycles. The zero-order valence-corrected chi connectivity index (χ0v) is 10.2. The van der Waals surface area contributed by atoms with E-state index in [1.54, 1.807) is 30.3 Å². The largest absolute Gasteiger partial charge is 0.461 e. The van der Waals surface area contributed by atoms with E-state index < -0.39 is 23.6 Å². The molecule has 1 aliphatic heterocycles. The zero-order chi connectivity index (χ0) is 14.1. The molecule has 1 saturated heterocycles. The van der Waals surface area contributed by atoms with E-state index >= 15 is 0 Å². The van der Waals surface area contributed by atoms with Crippen molar-refractivity contribution < 1.29 is 23.6 Å². The minimum atomic E-state index is -1.35. The Bertz CT molecular complexity index is 662. The molecule has 1 atom stereocenters. The number of carbonyl (C=O) groups excluding carboxylic acids is 3. The number of hydrogen-bond acceptors (Lipinski definition) is 6. The van der Waals surface area contributed by atoms with Gasteiger partial charge in [0.15, 0.2) is 5.76 Å². The minimum absolute atomic E-state index is 0.00239. The van der Waals surface area contributed by atoms with Crippen LogP contribution in [0.3, 0.4) is 0 Å². The van der Waals surface area contributed by atoms with Gasteiger partial charge in [0.05, 0.1) is 12.0 Å². The van der Waals surface area contributed by atoms with Gasteiger partial charge in [-0.25, -0.2) is 4.79 Å². The van der Waals surface area contributed by atoms with E-state index in [0.29, 0.717) is 5.69 Å². The van der Waals surface area contributed by atoms with Crippen molar-refractivity contribution in [3.05, 3.63) is 54.5 Å². The summed E-state index contributed by atoms with van der Waals surface area (Å²) < 4.78 is 4.98. The minimum Gasteiger partial charge on any atom is -0.461 e. The number of hydroxylamine groups is 1. The first-order valence-corrected chi connectivity index (χ1v) is 5.86. The van der Waals surface area contributed by atoms with Crippen LogP contribution in [-0.2, 0) is 14.4 Å². The number of hydrogen-bond donors (Lipinski definition) is 0. The molecule has 0 aliphatic carbocycles. The molecule has 20 heavy (non-hydrogen) atoms. The highest BCUT2D eigenvalue weighted by Crippen LogP contribution is 2.25. The van der Waals surface area contributed by atoms with Crippen LogP contribution in [0.5, 0.6) is 0 Å². The molecule has 0 bridgehead atoms. The van der Waals surface area contributed by atoms with Gasteiger partial charge in [0.1, 0.15) is 0 Å². The van der Waals surface area contributed by atoms with Gasteiger partial charge in [-0.2, -0.15) is 5.06 Å². The summed E-state index contributed by atoms with van der Waals surface area (Å²) in [4.78, 5) is 40.4. The van der Waals surface area contributed by atoms with Gasteiger partial charge in [0.25, 0.3) is 5.78 Å². The molecule has 6 nitrogen and oxygen atoms in total. The number of furan rings is 1. The van der Waals surface area contributed by atoms with Gasteiger partial charge >= 0.3 is 5.97 Å². The summed E-state index contributed by atoms with van der Waals surface area (Å²) in [5.74, 6) is -2.58. The second-order valence-corrected chi connectivity index (χ2v) is 4.15. The number of ketones is 2. The number of rotatable bonds is 3. The highest BCUT2D eigenvalue weighted by Gasteiger charge is 2.48. The number of para-hydroxylation sites is 1. The van der Waals surface area contributed by atoms with Crippen LogP contribution in [0.25, 0.3) is 0 Å². The Morgan fingerprint density at radius 3 is 2.45 bits per heavy atom. The van der Waals surface area contributed by atoms with Crippen LogP contribution in [0.4, 0.5) is 5.69 Å². The van der Waals surface area contributed by atoms with Crippen LogP contribution >= 0.6 is 0 Å². The van der Waals surface area contributed by atoms with E-state index in [2.05, 4.69) is 0 Å². The molecule has 1 aromatic heterocycles. The van der Waals surface area contributed by atoms with E-state index in [-0.39, 0.29) is 5.76 Å². The van der Waals surface area contributed by atoms with Crippen LogP contribution in [0.1, 0.15) is 10.6 Å². The van der Waals surface area contributed by atoms with Crippen molar-refractivity contribution >= 4 is 23.2 Å². The maximum Gasteiger partial charge on any atom is 0.401 e. The third kappa shape index (κ3) is 1.87. The Balaban J connectivity index is 1.99. The van der Waals surface area contributed by atoms with E-state index in [0.717, 1.165) is 5.06 Å². The molecule has 0 radical (unpaired) electrons. The SMILES string of the molecule is O=C1ON(c2ccccc2)C(C(=O)c2ccco2)C1=O. The topological polar surface area (TPSA) is 76.8 Å². The second kappa shape index (κ2) is 4.65. The molecule has 3 rings (SSSR count). The molecular weight excluding hydrogens is 262 g/mol. The predicted octanol–water partition coefficient (Wildman–Crippen LogP) is 1.38. The predicted molar refractivity (Wildman–Crippen MR) is 66.8 cm³/mol. The molecule has 6 heteroatoms. The van der Waals surface area contributed by atoms with Crippen molar-refractivity contribution in [3.8, 4) is 0 Å². The molecule has 0 spiro atoms. The smallest absolute Gasteiger partial charge is 0.401 e. The van der Waals surface area contributed by atoms with Gasteiger partial charge in [-0.05, 0) is 24.3 Å². The summed E-state index contributed by atoms with van der Waals surface area (Å²) >= 11 is 0. The van der Waals surface area contributed by atoms with Crippen molar-refractivity contribution in [2.75, 3.05) is 5.06 Å². The zero-order valence-electron chi connectivity index (χ0n) is 10.2. The van der Waals surface area contributed by atoms with Gasteiger partial charge in [0, 0.05) is 0 Å². The van der Waals surface area contributed by atoms with Gasteiger partial charge in [-0.15, -0.1) is 0 Å². The molecular formula is C14H9NO5. The highest BCUT2D eigenvalue weighted by molar-refractivity contribution is 6.44. The summed E-state index contributed by atoms with van der Waals surface area (Å²) in [5, 5.41) is 1.01. The molecule has 1 aromatic carbocycles. The first-order chi connectivity index (χ1) is 9.68. The lowest BCUT2D eigenvalue weighted by atomic mass is 10.1. The average molecular weight is 271 g/mol. The van der Waals surface area contributed by atoms with Crippen molar-refractivity contribution in [1.82, 2.24) is 0 Å². The van der Waals surface area contributed by atoms with E-state index in [4.69, 9.17) is 9.25 Å². The van der Waals surface area contributed by atoms with Gasteiger partial charge < -0.3 is 9.25 Å². The maximum atomic E-state index is 12.3. The second-order valence-electron chi connectivity index (χ2n) is 4.15. The van der Waals surface area contributed by atoms with Crippen molar-refractivity contribution in [1.29, 1.82) is 0 Å². The number of benzene rings is 1. The summed E-state index contributed by atoms with van der Waals surface area (Å²) in [5.41, 5.74) is 0.441. The van der Waals surface area contributed by atoms with Crippen molar-refractivity contribution in [3.63, 3.8) is 0 Å². The molecule has 2 aromatic rings. The Morgan fingerprint density at radius 2 is 1.80 bits per heavy atom. The van der Waals surface area contributed by atoms with Gasteiger partial charge in [0.2, 0.25) is 11.8 Å². The molecule has 1 unspecified atom stereocenters. The molecule has 0 saturated carbocycles. The van der Waals surface area contributed by atoms with Crippen molar-refractivity contribution in [2.45, 2.75) is 6.04 Å². The standard InChI is InChI=1S/C14H9NO5/c16-12(10-7-4-8-19-10)11-13(17)14(18)20-15(11)9-5-2-1-3-6-9/h1-8,11H. The molecule has 0 amide bonds. The Morgan fingerprint density at radius 1 is 1.05 bits per heavy atom. The molecule has 1 aliphatic rings. The lowest BCUT2D eigenvalue weighted by Crippen LogP contribution is -2.39. The van der Waals surface area contributed by atoms with Gasteiger partial charge in [-0.3, -0.25) is 9.59 Å². The lowest BCUT2D eigenvalue weighted by Gasteiger charge is -2.19. The van der Waals surface area contributed by atoms with Crippen LogP contribution in [0.15, 0.2) is 53.1 Å². The Labute approximate surface area is 113 Å². The van der Waals surface area contributed by atoms with Gasteiger partial charge in [-0.1, -0.05) is 18.2 Å². The summed E-state index contributed by atoms with van der Waals surface area (Å²) in [6, 6.07) is 10.1. The van der Waals surface area contributed by atoms with E-state index in [1.165, 1.54) is 18.4 Å². The summed E-state index contributed by atoms with van der Waals surface area (Å²) in [6.07, 6.45) is 1.32. The molecule has 0 N–H and O–H groups in total. The quantitative estimate of drug-likeness (QED) is 0.477. The normalized spacial score (nSPS) is 18.2. The van der Waals surface area contributed by atoms with Crippen LogP contribution < -0.4 is 5.06 Å². The Kier molecular flexibility index (Phi) is 2.83. The average Bonchev–Trinajstić information content (AvgIpc) is 3.09. The van der Waals surface area contributed by atoms with Crippen LogP contribution in [-0.4, -0.2) is 23.6 Å². The third-order valence-corrected chi connectivity index (χ3v) is 2.89. The first kappa shape index (κ1) is 12.2. The fourth-order valence-corrected chi connectivity index (χ4v) is 1.96.